The summed E-state index contributed by atoms with van der Waals surface area (Å²) >= 11 is 0. The summed E-state index contributed by atoms with van der Waals surface area (Å²) in [6.07, 6.45) is 1.29. The van der Waals surface area contributed by atoms with Crippen LogP contribution in [0.5, 0.6) is 0 Å². The highest BCUT2D eigenvalue weighted by molar-refractivity contribution is 5.79. The summed E-state index contributed by atoms with van der Waals surface area (Å²) in [4.78, 5) is 7.02. The van der Waals surface area contributed by atoms with Crippen molar-refractivity contribution >= 4 is 16.7 Å². The molecule has 18 heavy (non-hydrogen) atoms. The second kappa shape index (κ2) is 4.94. The Hall–Kier alpha value is -1.61. The van der Waals surface area contributed by atoms with Gasteiger partial charge in [0.2, 0.25) is 0 Å². The molecule has 0 spiro atoms. The van der Waals surface area contributed by atoms with E-state index in [2.05, 4.69) is 46.5 Å². The lowest BCUT2D eigenvalue weighted by atomic mass is 10.1. The summed E-state index contributed by atoms with van der Waals surface area (Å²) in [6, 6.07) is 12.4. The molecule has 1 aromatic heterocycles. The summed E-state index contributed by atoms with van der Waals surface area (Å²) in [5.74, 6) is 1.74. The van der Waals surface area contributed by atoms with Crippen LogP contribution in [0.3, 0.4) is 0 Å². The van der Waals surface area contributed by atoms with Gasteiger partial charge in [0.15, 0.2) is 0 Å². The molecule has 3 rings (SSSR count). The first-order chi connectivity index (χ1) is 8.81. The van der Waals surface area contributed by atoms with Crippen LogP contribution in [0.25, 0.3) is 10.9 Å². The number of para-hydroxylation sites is 1. The first-order valence-electron chi connectivity index (χ1n) is 6.59. The predicted octanol–water partition coefficient (Wildman–Crippen LogP) is 2.60. The molecule has 0 radical (unpaired) electrons. The highest BCUT2D eigenvalue weighted by Crippen LogP contribution is 2.17. The molecule has 1 unspecified atom stereocenters. The maximum atomic E-state index is 4.63. The van der Waals surface area contributed by atoms with Gasteiger partial charge in [0.05, 0.1) is 5.52 Å². The Morgan fingerprint density at radius 1 is 1.28 bits per heavy atom. The third-order valence-corrected chi connectivity index (χ3v) is 3.66. The fourth-order valence-corrected chi connectivity index (χ4v) is 2.61. The molecular weight excluding hydrogens is 222 g/mol. The number of nitrogens with zero attached hydrogens (tertiary/aromatic N) is 2. The van der Waals surface area contributed by atoms with E-state index in [1.807, 2.05) is 12.1 Å². The highest BCUT2D eigenvalue weighted by Gasteiger charge is 2.18. The van der Waals surface area contributed by atoms with E-state index in [-0.39, 0.29) is 0 Å². The van der Waals surface area contributed by atoms with Crippen molar-refractivity contribution in [2.45, 2.75) is 6.42 Å². The zero-order valence-corrected chi connectivity index (χ0v) is 10.8. The third kappa shape index (κ3) is 2.46. The van der Waals surface area contributed by atoms with Crippen molar-refractivity contribution < 1.29 is 0 Å². The molecule has 3 nitrogen and oxygen atoms in total. The van der Waals surface area contributed by atoms with Gasteiger partial charge >= 0.3 is 0 Å². The van der Waals surface area contributed by atoms with Crippen LogP contribution in [0.2, 0.25) is 0 Å². The first-order valence-corrected chi connectivity index (χ1v) is 6.59. The van der Waals surface area contributed by atoms with Crippen molar-refractivity contribution in [2.75, 3.05) is 32.0 Å². The van der Waals surface area contributed by atoms with E-state index < -0.39 is 0 Å². The summed E-state index contributed by atoms with van der Waals surface area (Å²) in [5, 5.41) is 4.66. The van der Waals surface area contributed by atoms with Crippen LogP contribution in [0.1, 0.15) is 6.42 Å². The van der Waals surface area contributed by atoms with E-state index >= 15 is 0 Å². The predicted molar refractivity (Wildman–Crippen MR) is 75.8 cm³/mol. The maximum absolute atomic E-state index is 4.63. The first kappa shape index (κ1) is 11.5. The lowest BCUT2D eigenvalue weighted by Crippen LogP contribution is -2.19. The van der Waals surface area contributed by atoms with E-state index in [1.165, 1.54) is 24.9 Å². The molecule has 1 aliphatic heterocycles. The molecule has 1 N–H and O–H groups in total. The lowest BCUT2D eigenvalue weighted by Gasteiger charge is -2.12. The van der Waals surface area contributed by atoms with Crippen LogP contribution in [-0.4, -0.2) is 36.6 Å². The van der Waals surface area contributed by atoms with Crippen molar-refractivity contribution in [3.05, 3.63) is 36.4 Å². The van der Waals surface area contributed by atoms with Crippen molar-refractivity contribution in [1.29, 1.82) is 0 Å². The van der Waals surface area contributed by atoms with Crippen LogP contribution in [0, 0.1) is 5.92 Å². The lowest BCUT2D eigenvalue weighted by molar-refractivity contribution is 0.399. The molecule has 2 heterocycles. The van der Waals surface area contributed by atoms with Gasteiger partial charge in [0.25, 0.3) is 0 Å². The number of hydrogen-bond acceptors (Lipinski definition) is 3. The van der Waals surface area contributed by atoms with E-state index in [4.69, 9.17) is 0 Å². The number of pyridine rings is 1. The topological polar surface area (TPSA) is 28.2 Å². The zero-order chi connectivity index (χ0) is 12.4. The summed E-state index contributed by atoms with van der Waals surface area (Å²) < 4.78 is 0. The quantitative estimate of drug-likeness (QED) is 0.895. The molecule has 0 saturated carbocycles. The number of benzene rings is 1. The Morgan fingerprint density at radius 2 is 2.17 bits per heavy atom. The minimum Gasteiger partial charge on any atom is -0.370 e. The fraction of sp³-hybridized carbons (Fsp3) is 0.400. The number of anilines is 1. The van der Waals surface area contributed by atoms with Crippen LogP contribution < -0.4 is 5.32 Å². The Bertz CT molecular complexity index is 538. The van der Waals surface area contributed by atoms with Gasteiger partial charge in [-0.15, -0.1) is 0 Å². The smallest absolute Gasteiger partial charge is 0.126 e. The highest BCUT2D eigenvalue weighted by atomic mass is 15.1. The molecule has 94 valence electrons. The molecule has 1 aliphatic rings. The van der Waals surface area contributed by atoms with Gasteiger partial charge in [-0.3, -0.25) is 0 Å². The summed E-state index contributed by atoms with van der Waals surface area (Å²) in [5.41, 5.74) is 1.06. The van der Waals surface area contributed by atoms with Gasteiger partial charge in [-0.05, 0) is 44.1 Å². The number of rotatable bonds is 3. The molecular formula is C15H19N3. The van der Waals surface area contributed by atoms with Gasteiger partial charge < -0.3 is 10.2 Å². The van der Waals surface area contributed by atoms with Crippen LogP contribution in [0.4, 0.5) is 5.82 Å². The Morgan fingerprint density at radius 3 is 3.00 bits per heavy atom. The van der Waals surface area contributed by atoms with E-state index in [0.29, 0.717) is 0 Å². The number of likely N-dealkylation sites (tertiary alicyclic amines) is 1. The molecule has 1 aromatic carbocycles. The maximum Gasteiger partial charge on any atom is 0.126 e. The average molecular weight is 241 g/mol. The largest absolute Gasteiger partial charge is 0.370 e. The monoisotopic (exact) mass is 241 g/mol. The molecule has 0 bridgehead atoms. The Balaban J connectivity index is 1.67. The Labute approximate surface area is 108 Å². The summed E-state index contributed by atoms with van der Waals surface area (Å²) in [6.45, 7) is 3.44. The molecule has 1 fully saturated rings. The minimum atomic E-state index is 0.753. The van der Waals surface area contributed by atoms with Crippen molar-refractivity contribution in [3.63, 3.8) is 0 Å². The molecule has 1 atom stereocenters. The molecule has 3 heteroatoms. The molecule has 1 saturated heterocycles. The van der Waals surface area contributed by atoms with Gasteiger partial charge in [-0.1, -0.05) is 18.2 Å². The number of aromatic nitrogens is 1. The normalized spacial score (nSPS) is 20.4. The molecule has 2 aromatic rings. The number of fused-ring (bicyclic) bond motifs is 1. The minimum absolute atomic E-state index is 0.753. The van der Waals surface area contributed by atoms with Crippen molar-refractivity contribution in [1.82, 2.24) is 9.88 Å². The second-order valence-corrected chi connectivity index (χ2v) is 5.19. The van der Waals surface area contributed by atoms with Gasteiger partial charge in [-0.2, -0.15) is 0 Å². The van der Waals surface area contributed by atoms with Crippen LogP contribution >= 0.6 is 0 Å². The second-order valence-electron chi connectivity index (χ2n) is 5.19. The van der Waals surface area contributed by atoms with E-state index in [1.54, 1.807) is 0 Å². The standard InChI is InChI=1S/C15H19N3/c1-18-9-8-12(11-18)10-16-15-7-6-13-4-2-3-5-14(13)17-15/h2-7,12H,8-11H2,1H3,(H,16,17). The third-order valence-electron chi connectivity index (χ3n) is 3.66. The van der Waals surface area contributed by atoms with Crippen LogP contribution in [0.15, 0.2) is 36.4 Å². The number of hydrogen-bond donors (Lipinski definition) is 1. The SMILES string of the molecule is CN1CCC(CNc2ccc3ccccc3n2)C1. The zero-order valence-electron chi connectivity index (χ0n) is 10.8. The van der Waals surface area contributed by atoms with Gasteiger partial charge in [-0.25, -0.2) is 4.98 Å². The van der Waals surface area contributed by atoms with Crippen molar-refractivity contribution in [3.8, 4) is 0 Å². The molecule has 0 amide bonds. The van der Waals surface area contributed by atoms with E-state index in [9.17, 15) is 0 Å². The summed E-state index contributed by atoms with van der Waals surface area (Å²) in [7, 11) is 2.19. The van der Waals surface area contributed by atoms with Crippen LogP contribution in [-0.2, 0) is 0 Å². The van der Waals surface area contributed by atoms with Gasteiger partial charge in [0, 0.05) is 18.5 Å². The van der Waals surface area contributed by atoms with Gasteiger partial charge in [0.1, 0.15) is 5.82 Å². The van der Waals surface area contributed by atoms with E-state index in [0.717, 1.165) is 23.8 Å². The van der Waals surface area contributed by atoms with Crippen molar-refractivity contribution in [2.24, 2.45) is 5.92 Å². The molecule has 0 aliphatic carbocycles. The number of nitrogens with one attached hydrogen (secondary N) is 1. The fourth-order valence-electron chi connectivity index (χ4n) is 2.61. The average Bonchev–Trinajstić information content (AvgIpc) is 2.82. The Kier molecular flexibility index (Phi) is 3.15.